The van der Waals surface area contributed by atoms with E-state index in [0.717, 1.165) is 19.4 Å². The molecule has 18 heavy (non-hydrogen) atoms. The number of carboxylic acids is 1. The normalized spacial score (nSPS) is 23.2. The lowest BCUT2D eigenvalue weighted by Crippen LogP contribution is -2.32. The van der Waals surface area contributed by atoms with Crippen LogP contribution in [0.2, 0.25) is 0 Å². The standard InChI is InChI=1S/C10H15N3O3S2/c1-10(3-2-4-16-10)6-11-8-12-13-9(18-8)17-5-7(14)15/h2-6H2,1H3,(H,11,12)(H,14,15). The Kier molecular flexibility index (Phi) is 4.41. The van der Waals surface area contributed by atoms with Crippen LogP contribution in [0.5, 0.6) is 0 Å². The Morgan fingerprint density at radius 1 is 1.67 bits per heavy atom. The number of hydrogen-bond acceptors (Lipinski definition) is 7. The second kappa shape index (κ2) is 5.85. The number of anilines is 1. The SMILES string of the molecule is CC1(CNc2nnc(SCC(=O)O)s2)CCCO1. The number of hydrogen-bond donors (Lipinski definition) is 2. The maximum Gasteiger partial charge on any atom is 0.313 e. The van der Waals surface area contributed by atoms with Gasteiger partial charge >= 0.3 is 5.97 Å². The van der Waals surface area contributed by atoms with Crippen LogP contribution in [-0.4, -0.2) is 45.8 Å². The zero-order chi connectivity index (χ0) is 13.0. The highest BCUT2D eigenvalue weighted by Gasteiger charge is 2.29. The van der Waals surface area contributed by atoms with Crippen LogP contribution < -0.4 is 5.32 Å². The lowest BCUT2D eigenvalue weighted by molar-refractivity contribution is -0.133. The van der Waals surface area contributed by atoms with Crippen molar-refractivity contribution in [3.05, 3.63) is 0 Å². The van der Waals surface area contributed by atoms with Crippen LogP contribution in [0.25, 0.3) is 0 Å². The Balaban J connectivity index is 1.81. The van der Waals surface area contributed by atoms with Gasteiger partial charge in [-0.25, -0.2) is 0 Å². The second-order valence-electron chi connectivity index (χ2n) is 4.31. The predicted molar refractivity (Wildman–Crippen MR) is 70.3 cm³/mol. The van der Waals surface area contributed by atoms with E-state index in [1.54, 1.807) is 0 Å². The number of carboxylic acid groups (broad SMARTS) is 1. The summed E-state index contributed by atoms with van der Waals surface area (Å²) in [5, 5.41) is 20.4. The number of nitrogens with one attached hydrogen (secondary N) is 1. The van der Waals surface area contributed by atoms with Gasteiger partial charge in [0.25, 0.3) is 0 Å². The smallest absolute Gasteiger partial charge is 0.313 e. The highest BCUT2D eigenvalue weighted by atomic mass is 32.2. The Bertz CT molecular complexity index is 418. The minimum Gasteiger partial charge on any atom is -0.481 e. The maximum absolute atomic E-state index is 10.4. The second-order valence-corrected chi connectivity index (χ2v) is 6.51. The number of aromatic nitrogens is 2. The third kappa shape index (κ3) is 3.82. The number of thioether (sulfide) groups is 1. The van der Waals surface area contributed by atoms with Gasteiger partial charge in [0, 0.05) is 13.2 Å². The third-order valence-electron chi connectivity index (χ3n) is 2.64. The number of nitrogens with zero attached hydrogens (tertiary/aromatic N) is 2. The summed E-state index contributed by atoms with van der Waals surface area (Å²) in [4.78, 5) is 10.4. The first-order valence-corrected chi connectivity index (χ1v) is 7.44. The summed E-state index contributed by atoms with van der Waals surface area (Å²) in [5.74, 6) is -0.841. The van der Waals surface area contributed by atoms with Crippen molar-refractivity contribution in [1.82, 2.24) is 10.2 Å². The Hall–Kier alpha value is -0.860. The molecule has 0 radical (unpaired) electrons. The molecule has 1 unspecified atom stereocenters. The molecule has 0 saturated carbocycles. The molecule has 2 heterocycles. The minimum absolute atomic E-state index is 0.00938. The van der Waals surface area contributed by atoms with Crippen molar-refractivity contribution < 1.29 is 14.6 Å². The molecule has 8 heteroatoms. The first-order chi connectivity index (χ1) is 8.57. The fourth-order valence-electron chi connectivity index (χ4n) is 1.70. The predicted octanol–water partition coefficient (Wildman–Crippen LogP) is 1.70. The summed E-state index contributed by atoms with van der Waals surface area (Å²) in [5.41, 5.74) is -0.125. The van der Waals surface area contributed by atoms with Gasteiger partial charge in [-0.15, -0.1) is 10.2 Å². The minimum atomic E-state index is -0.850. The molecule has 0 aromatic carbocycles. The van der Waals surface area contributed by atoms with Crippen molar-refractivity contribution in [2.45, 2.75) is 29.7 Å². The van der Waals surface area contributed by atoms with Crippen LogP contribution in [0.3, 0.4) is 0 Å². The molecular formula is C10H15N3O3S2. The highest BCUT2D eigenvalue weighted by Crippen LogP contribution is 2.28. The first kappa shape index (κ1) is 13.6. The molecule has 0 bridgehead atoms. The summed E-state index contributed by atoms with van der Waals surface area (Å²) < 4.78 is 6.32. The van der Waals surface area contributed by atoms with Crippen LogP contribution in [0.1, 0.15) is 19.8 Å². The average molecular weight is 289 g/mol. The van der Waals surface area contributed by atoms with E-state index in [1.807, 2.05) is 0 Å². The summed E-state index contributed by atoms with van der Waals surface area (Å²) in [6, 6.07) is 0. The number of ether oxygens (including phenoxy) is 1. The molecule has 1 aromatic heterocycles. The molecular weight excluding hydrogens is 274 g/mol. The van der Waals surface area contributed by atoms with Crippen molar-refractivity contribution in [3.63, 3.8) is 0 Å². The Labute approximate surface area is 113 Å². The molecule has 1 aliphatic heterocycles. The lowest BCUT2D eigenvalue weighted by atomic mass is 10.0. The van der Waals surface area contributed by atoms with E-state index in [4.69, 9.17) is 9.84 Å². The molecule has 1 atom stereocenters. The molecule has 1 aromatic rings. The zero-order valence-corrected chi connectivity index (χ0v) is 11.6. The molecule has 2 rings (SSSR count). The van der Waals surface area contributed by atoms with Crippen molar-refractivity contribution in [3.8, 4) is 0 Å². The van der Waals surface area contributed by atoms with Crippen molar-refractivity contribution in [1.29, 1.82) is 0 Å². The zero-order valence-electron chi connectivity index (χ0n) is 10.0. The quantitative estimate of drug-likeness (QED) is 0.771. The van der Waals surface area contributed by atoms with Crippen molar-refractivity contribution >= 4 is 34.2 Å². The van der Waals surface area contributed by atoms with Crippen LogP contribution in [-0.2, 0) is 9.53 Å². The van der Waals surface area contributed by atoms with Gasteiger partial charge in [0.15, 0.2) is 4.34 Å². The summed E-state index contributed by atoms with van der Waals surface area (Å²) in [6.07, 6.45) is 2.13. The molecule has 0 aliphatic carbocycles. The van der Waals surface area contributed by atoms with E-state index in [9.17, 15) is 4.79 Å². The molecule has 6 nitrogen and oxygen atoms in total. The van der Waals surface area contributed by atoms with Gasteiger partial charge in [-0.2, -0.15) is 0 Å². The molecule has 0 spiro atoms. The van der Waals surface area contributed by atoms with Gasteiger partial charge in [0.05, 0.1) is 11.4 Å². The maximum atomic E-state index is 10.4. The molecule has 2 N–H and O–H groups in total. The molecule has 100 valence electrons. The number of carbonyl (C=O) groups is 1. The lowest BCUT2D eigenvalue weighted by Gasteiger charge is -2.22. The van der Waals surface area contributed by atoms with E-state index in [-0.39, 0.29) is 11.4 Å². The van der Waals surface area contributed by atoms with Crippen LogP contribution in [0.4, 0.5) is 5.13 Å². The monoisotopic (exact) mass is 289 g/mol. The van der Waals surface area contributed by atoms with E-state index in [2.05, 4.69) is 22.4 Å². The topological polar surface area (TPSA) is 84.3 Å². The van der Waals surface area contributed by atoms with Crippen LogP contribution in [0, 0.1) is 0 Å². The fraction of sp³-hybridized carbons (Fsp3) is 0.700. The van der Waals surface area contributed by atoms with Crippen molar-refractivity contribution in [2.75, 3.05) is 24.2 Å². The van der Waals surface area contributed by atoms with Crippen molar-refractivity contribution in [2.24, 2.45) is 0 Å². The van der Waals surface area contributed by atoms with E-state index in [0.29, 0.717) is 16.0 Å². The molecule has 0 amide bonds. The average Bonchev–Trinajstić information content (AvgIpc) is 2.93. The molecule has 1 fully saturated rings. The van der Waals surface area contributed by atoms with Crippen LogP contribution >= 0.6 is 23.1 Å². The third-order valence-corrected chi connectivity index (χ3v) is 4.64. The van der Waals surface area contributed by atoms with E-state index in [1.165, 1.54) is 23.1 Å². The fourth-order valence-corrected chi connectivity index (χ4v) is 3.17. The Morgan fingerprint density at radius 3 is 3.17 bits per heavy atom. The van der Waals surface area contributed by atoms with E-state index >= 15 is 0 Å². The van der Waals surface area contributed by atoms with Crippen LogP contribution in [0.15, 0.2) is 4.34 Å². The van der Waals surface area contributed by atoms with Gasteiger partial charge in [-0.05, 0) is 19.8 Å². The van der Waals surface area contributed by atoms with Gasteiger partial charge in [-0.1, -0.05) is 23.1 Å². The molecule has 1 saturated heterocycles. The van der Waals surface area contributed by atoms with Gasteiger partial charge in [0.1, 0.15) is 0 Å². The number of rotatable bonds is 6. The van der Waals surface area contributed by atoms with Gasteiger partial charge in [0.2, 0.25) is 5.13 Å². The molecule has 1 aliphatic rings. The summed E-state index contributed by atoms with van der Waals surface area (Å²) in [6.45, 7) is 3.59. The summed E-state index contributed by atoms with van der Waals surface area (Å²) in [7, 11) is 0. The van der Waals surface area contributed by atoms with Gasteiger partial charge in [-0.3, -0.25) is 4.79 Å². The largest absolute Gasteiger partial charge is 0.481 e. The highest BCUT2D eigenvalue weighted by molar-refractivity contribution is 8.01. The first-order valence-electron chi connectivity index (χ1n) is 5.63. The summed E-state index contributed by atoms with van der Waals surface area (Å²) >= 11 is 2.55. The van der Waals surface area contributed by atoms with E-state index < -0.39 is 5.97 Å². The number of aliphatic carboxylic acids is 1. The Morgan fingerprint density at radius 2 is 2.50 bits per heavy atom. The van der Waals surface area contributed by atoms with Gasteiger partial charge < -0.3 is 15.2 Å².